The lowest BCUT2D eigenvalue weighted by atomic mass is 9.90. The minimum absolute atomic E-state index is 0.167. The van der Waals surface area contributed by atoms with Crippen molar-refractivity contribution in [2.75, 3.05) is 26.2 Å². The molecule has 0 aromatic heterocycles. The van der Waals surface area contributed by atoms with Crippen molar-refractivity contribution < 1.29 is 9.53 Å². The van der Waals surface area contributed by atoms with Crippen molar-refractivity contribution in [2.24, 2.45) is 11.7 Å². The SMILES string of the molecule is CCCNC(CN1CCOC2CCCC21)(C(N)=O)C1CC1. The second-order valence-corrected chi connectivity index (χ2v) is 6.91. The van der Waals surface area contributed by atoms with Crippen molar-refractivity contribution in [3.63, 3.8) is 0 Å². The Morgan fingerprint density at radius 3 is 2.86 bits per heavy atom. The van der Waals surface area contributed by atoms with Crippen LogP contribution in [-0.2, 0) is 9.53 Å². The van der Waals surface area contributed by atoms with Gasteiger partial charge in [0.05, 0.1) is 12.7 Å². The van der Waals surface area contributed by atoms with E-state index in [0.29, 0.717) is 18.1 Å². The number of nitrogens with two attached hydrogens (primary N) is 1. The minimum atomic E-state index is -0.527. The van der Waals surface area contributed by atoms with Crippen LogP contribution >= 0.6 is 0 Å². The van der Waals surface area contributed by atoms with Crippen LogP contribution in [0.25, 0.3) is 0 Å². The molecule has 5 nitrogen and oxygen atoms in total. The molecule has 120 valence electrons. The molecule has 1 saturated heterocycles. The Morgan fingerprint density at radius 1 is 1.38 bits per heavy atom. The molecule has 3 atom stereocenters. The Hall–Kier alpha value is -0.650. The third kappa shape index (κ3) is 2.96. The molecule has 3 unspecified atom stereocenters. The van der Waals surface area contributed by atoms with E-state index in [1.54, 1.807) is 0 Å². The van der Waals surface area contributed by atoms with Crippen LogP contribution in [0.3, 0.4) is 0 Å². The number of carbonyl (C=O) groups is 1. The van der Waals surface area contributed by atoms with E-state index < -0.39 is 5.54 Å². The highest BCUT2D eigenvalue weighted by Crippen LogP contribution is 2.41. The number of carbonyl (C=O) groups excluding carboxylic acids is 1. The first kappa shape index (κ1) is 15.3. The largest absolute Gasteiger partial charge is 0.375 e. The first-order chi connectivity index (χ1) is 10.2. The van der Waals surface area contributed by atoms with Crippen molar-refractivity contribution in [2.45, 2.75) is 63.1 Å². The Balaban J connectivity index is 1.75. The molecule has 3 fully saturated rings. The maximum absolute atomic E-state index is 12.3. The predicted molar refractivity (Wildman–Crippen MR) is 81.9 cm³/mol. The zero-order chi connectivity index (χ0) is 14.9. The fourth-order valence-electron chi connectivity index (χ4n) is 4.14. The molecule has 1 heterocycles. The zero-order valence-corrected chi connectivity index (χ0v) is 13.1. The summed E-state index contributed by atoms with van der Waals surface area (Å²) in [6.07, 6.45) is 7.23. The molecule has 1 aliphatic heterocycles. The molecule has 3 N–H and O–H groups in total. The first-order valence-electron chi connectivity index (χ1n) is 8.58. The summed E-state index contributed by atoms with van der Waals surface area (Å²) in [6.45, 7) is 5.47. The van der Waals surface area contributed by atoms with Crippen LogP contribution in [0, 0.1) is 5.92 Å². The van der Waals surface area contributed by atoms with Gasteiger partial charge in [0.1, 0.15) is 5.54 Å². The van der Waals surface area contributed by atoms with Gasteiger partial charge in [0.25, 0.3) is 0 Å². The average Bonchev–Trinajstić information content (AvgIpc) is 3.21. The van der Waals surface area contributed by atoms with Gasteiger partial charge in [0, 0.05) is 19.1 Å². The van der Waals surface area contributed by atoms with Crippen LogP contribution in [-0.4, -0.2) is 54.7 Å². The van der Waals surface area contributed by atoms with E-state index in [0.717, 1.165) is 51.9 Å². The molecule has 3 rings (SSSR count). The molecule has 21 heavy (non-hydrogen) atoms. The van der Waals surface area contributed by atoms with Gasteiger partial charge in [0.15, 0.2) is 0 Å². The normalized spacial score (nSPS) is 32.6. The summed E-state index contributed by atoms with van der Waals surface area (Å²) < 4.78 is 5.89. The van der Waals surface area contributed by atoms with Gasteiger partial charge in [-0.25, -0.2) is 0 Å². The standard InChI is InChI=1S/C16H29N3O2/c1-2-8-18-16(15(17)20,12-6-7-12)11-19-9-10-21-14-5-3-4-13(14)19/h12-14,18H,2-11H2,1H3,(H2,17,20). The molecule has 0 spiro atoms. The summed E-state index contributed by atoms with van der Waals surface area (Å²) in [5.41, 5.74) is 5.32. The topological polar surface area (TPSA) is 67.6 Å². The third-order valence-corrected chi connectivity index (χ3v) is 5.45. The van der Waals surface area contributed by atoms with Crippen LogP contribution in [0.5, 0.6) is 0 Å². The number of fused-ring (bicyclic) bond motifs is 1. The average molecular weight is 295 g/mol. The Morgan fingerprint density at radius 2 is 2.19 bits per heavy atom. The quantitative estimate of drug-likeness (QED) is 0.731. The number of hydrogen-bond acceptors (Lipinski definition) is 4. The molecular weight excluding hydrogens is 266 g/mol. The fourth-order valence-corrected chi connectivity index (χ4v) is 4.14. The summed E-state index contributed by atoms with van der Waals surface area (Å²) >= 11 is 0. The lowest BCUT2D eigenvalue weighted by Crippen LogP contribution is -2.66. The van der Waals surface area contributed by atoms with E-state index in [2.05, 4.69) is 17.1 Å². The van der Waals surface area contributed by atoms with Crippen molar-refractivity contribution in [3.8, 4) is 0 Å². The third-order valence-electron chi connectivity index (χ3n) is 5.45. The number of nitrogens with one attached hydrogen (secondary N) is 1. The maximum Gasteiger partial charge on any atom is 0.239 e. The van der Waals surface area contributed by atoms with Crippen LogP contribution < -0.4 is 11.1 Å². The molecule has 0 radical (unpaired) electrons. The number of ether oxygens (including phenoxy) is 1. The molecule has 2 aliphatic carbocycles. The number of rotatable bonds is 7. The lowest BCUT2D eigenvalue weighted by molar-refractivity contribution is -0.128. The molecule has 0 aromatic carbocycles. The second-order valence-electron chi connectivity index (χ2n) is 6.91. The summed E-state index contributed by atoms with van der Waals surface area (Å²) in [5.74, 6) is 0.253. The zero-order valence-electron chi connectivity index (χ0n) is 13.1. The molecular formula is C16H29N3O2. The van der Waals surface area contributed by atoms with Gasteiger partial charge >= 0.3 is 0 Å². The Labute approximate surface area is 127 Å². The molecule has 3 aliphatic rings. The molecule has 0 bridgehead atoms. The summed E-state index contributed by atoms with van der Waals surface area (Å²) in [4.78, 5) is 14.8. The van der Waals surface area contributed by atoms with E-state index >= 15 is 0 Å². The van der Waals surface area contributed by atoms with Crippen LogP contribution in [0.4, 0.5) is 0 Å². The highest BCUT2D eigenvalue weighted by atomic mass is 16.5. The predicted octanol–water partition coefficient (Wildman–Crippen LogP) is 0.873. The molecule has 5 heteroatoms. The maximum atomic E-state index is 12.3. The number of nitrogens with zero attached hydrogens (tertiary/aromatic N) is 1. The van der Waals surface area contributed by atoms with Gasteiger partial charge in [-0.3, -0.25) is 9.69 Å². The number of hydrogen-bond donors (Lipinski definition) is 2. The van der Waals surface area contributed by atoms with Crippen molar-refractivity contribution in [1.29, 1.82) is 0 Å². The smallest absolute Gasteiger partial charge is 0.239 e. The molecule has 1 amide bonds. The second kappa shape index (κ2) is 6.23. The van der Waals surface area contributed by atoms with E-state index in [1.165, 1.54) is 12.8 Å². The highest BCUT2D eigenvalue weighted by molar-refractivity contribution is 5.86. The van der Waals surface area contributed by atoms with Gasteiger partial charge in [-0.1, -0.05) is 6.92 Å². The van der Waals surface area contributed by atoms with Crippen molar-refractivity contribution >= 4 is 5.91 Å². The summed E-state index contributed by atoms with van der Waals surface area (Å²) in [5, 5.41) is 3.51. The highest BCUT2D eigenvalue weighted by Gasteiger charge is 2.52. The molecule has 0 aromatic rings. The monoisotopic (exact) mass is 295 g/mol. The first-order valence-corrected chi connectivity index (χ1v) is 8.58. The minimum Gasteiger partial charge on any atom is -0.375 e. The van der Waals surface area contributed by atoms with E-state index in [4.69, 9.17) is 10.5 Å². The Bertz CT molecular complexity index is 386. The van der Waals surface area contributed by atoms with Crippen LogP contribution in [0.1, 0.15) is 45.4 Å². The fraction of sp³-hybridized carbons (Fsp3) is 0.938. The lowest BCUT2D eigenvalue weighted by Gasteiger charge is -2.43. The Kier molecular flexibility index (Phi) is 4.52. The molecule has 2 saturated carbocycles. The van der Waals surface area contributed by atoms with Crippen molar-refractivity contribution in [1.82, 2.24) is 10.2 Å². The number of morpholine rings is 1. The number of amides is 1. The van der Waals surface area contributed by atoms with Crippen LogP contribution in [0.2, 0.25) is 0 Å². The van der Waals surface area contributed by atoms with Gasteiger partial charge in [-0.15, -0.1) is 0 Å². The van der Waals surface area contributed by atoms with Crippen LogP contribution in [0.15, 0.2) is 0 Å². The van der Waals surface area contributed by atoms with Gasteiger partial charge < -0.3 is 15.8 Å². The van der Waals surface area contributed by atoms with E-state index in [9.17, 15) is 4.79 Å². The number of primary amides is 1. The van der Waals surface area contributed by atoms with Gasteiger partial charge in [-0.2, -0.15) is 0 Å². The van der Waals surface area contributed by atoms with Gasteiger partial charge in [0.2, 0.25) is 5.91 Å². The van der Waals surface area contributed by atoms with Crippen molar-refractivity contribution in [3.05, 3.63) is 0 Å². The summed E-state index contributed by atoms with van der Waals surface area (Å²) in [7, 11) is 0. The van der Waals surface area contributed by atoms with Gasteiger partial charge in [-0.05, 0) is 51.0 Å². The van der Waals surface area contributed by atoms with E-state index in [-0.39, 0.29) is 5.91 Å². The van der Waals surface area contributed by atoms with E-state index in [1.807, 2.05) is 0 Å². The summed E-state index contributed by atoms with van der Waals surface area (Å²) in [6, 6.07) is 0.486.